The molecule has 0 aliphatic carbocycles. The van der Waals surface area contributed by atoms with E-state index in [1.54, 1.807) is 24.3 Å². The van der Waals surface area contributed by atoms with Gasteiger partial charge in [-0.25, -0.2) is 0 Å². The van der Waals surface area contributed by atoms with Gasteiger partial charge in [0.05, 0.1) is 5.56 Å². The number of rotatable bonds is 5. The molecule has 1 aliphatic heterocycles. The summed E-state index contributed by atoms with van der Waals surface area (Å²) in [5, 5.41) is 2.89. The number of fused-ring (bicyclic) bond motifs is 3. The van der Waals surface area contributed by atoms with Gasteiger partial charge in [-0.1, -0.05) is 56.3 Å². The molecule has 0 fully saturated rings. The zero-order valence-electron chi connectivity index (χ0n) is 16.6. The Morgan fingerprint density at radius 1 is 1.03 bits per heavy atom. The maximum Gasteiger partial charge on any atom is 0.387 e. The highest BCUT2D eigenvalue weighted by Crippen LogP contribution is 2.49. The standard InChI is InChI=1S/C24H21F2NO3/c1-14(2)23(28)27-16-11-12-17-18(13-16)22(15-7-4-3-5-8-15)29-19-9-6-10-20(21(17)19)30-24(25)26/h3-14,22,24H,1-2H3,(H,27,28). The Labute approximate surface area is 173 Å². The molecule has 1 heterocycles. The second kappa shape index (κ2) is 8.14. The van der Waals surface area contributed by atoms with Crippen LogP contribution in [-0.2, 0) is 4.79 Å². The van der Waals surface area contributed by atoms with Crippen molar-refractivity contribution in [1.29, 1.82) is 0 Å². The van der Waals surface area contributed by atoms with Crippen LogP contribution in [-0.4, -0.2) is 12.5 Å². The first-order valence-corrected chi connectivity index (χ1v) is 9.68. The van der Waals surface area contributed by atoms with Crippen molar-refractivity contribution in [3.05, 3.63) is 77.9 Å². The molecule has 4 rings (SSSR count). The lowest BCUT2D eigenvalue weighted by molar-refractivity contribution is -0.118. The Morgan fingerprint density at radius 2 is 1.80 bits per heavy atom. The fraction of sp³-hybridized carbons (Fsp3) is 0.208. The summed E-state index contributed by atoms with van der Waals surface area (Å²) in [4.78, 5) is 12.2. The van der Waals surface area contributed by atoms with E-state index >= 15 is 0 Å². The fourth-order valence-corrected chi connectivity index (χ4v) is 3.51. The first-order valence-electron chi connectivity index (χ1n) is 9.68. The molecule has 1 unspecified atom stereocenters. The van der Waals surface area contributed by atoms with Crippen LogP contribution in [0.15, 0.2) is 66.7 Å². The van der Waals surface area contributed by atoms with Crippen molar-refractivity contribution in [3.63, 3.8) is 0 Å². The third-order valence-electron chi connectivity index (χ3n) is 4.95. The molecule has 1 aliphatic rings. The van der Waals surface area contributed by atoms with Gasteiger partial charge < -0.3 is 14.8 Å². The van der Waals surface area contributed by atoms with Crippen LogP contribution in [0.1, 0.15) is 31.1 Å². The topological polar surface area (TPSA) is 47.6 Å². The Balaban J connectivity index is 1.86. The van der Waals surface area contributed by atoms with Gasteiger partial charge in [0, 0.05) is 17.2 Å². The first-order chi connectivity index (χ1) is 14.4. The SMILES string of the molecule is CC(C)C(=O)Nc1ccc2c(c1)C(c1ccccc1)Oc1cccc(OC(F)F)c1-2. The van der Waals surface area contributed by atoms with Crippen LogP contribution in [0.3, 0.4) is 0 Å². The minimum absolute atomic E-state index is 0.0502. The molecule has 3 aromatic carbocycles. The summed E-state index contributed by atoms with van der Waals surface area (Å²) in [7, 11) is 0. The highest BCUT2D eigenvalue weighted by molar-refractivity contribution is 5.93. The van der Waals surface area contributed by atoms with Gasteiger partial charge in [0.25, 0.3) is 0 Å². The number of hydrogen-bond acceptors (Lipinski definition) is 3. The molecular weight excluding hydrogens is 388 g/mol. The van der Waals surface area contributed by atoms with Crippen LogP contribution < -0.4 is 14.8 Å². The zero-order chi connectivity index (χ0) is 21.3. The summed E-state index contributed by atoms with van der Waals surface area (Å²) in [5.74, 6) is 0.238. The van der Waals surface area contributed by atoms with Crippen molar-refractivity contribution in [1.82, 2.24) is 0 Å². The second-order valence-corrected chi connectivity index (χ2v) is 7.36. The highest BCUT2D eigenvalue weighted by Gasteiger charge is 2.30. The molecular formula is C24H21F2NO3. The largest absolute Gasteiger partial charge is 0.480 e. The van der Waals surface area contributed by atoms with Crippen molar-refractivity contribution < 1.29 is 23.0 Å². The Morgan fingerprint density at radius 3 is 2.50 bits per heavy atom. The molecule has 0 saturated heterocycles. The van der Waals surface area contributed by atoms with Gasteiger partial charge in [0.1, 0.15) is 17.6 Å². The number of amides is 1. The average molecular weight is 409 g/mol. The van der Waals surface area contributed by atoms with Crippen LogP contribution in [0.25, 0.3) is 11.1 Å². The van der Waals surface area contributed by atoms with E-state index < -0.39 is 12.7 Å². The average Bonchev–Trinajstić information content (AvgIpc) is 2.73. The number of ether oxygens (including phenoxy) is 2. The fourth-order valence-electron chi connectivity index (χ4n) is 3.51. The molecule has 154 valence electrons. The van der Waals surface area contributed by atoms with Crippen LogP contribution in [0.2, 0.25) is 0 Å². The van der Waals surface area contributed by atoms with Gasteiger partial charge in [0.15, 0.2) is 0 Å². The summed E-state index contributed by atoms with van der Waals surface area (Å²) in [6, 6.07) is 19.9. The highest BCUT2D eigenvalue weighted by atomic mass is 19.3. The van der Waals surface area contributed by atoms with Crippen LogP contribution in [0, 0.1) is 5.92 Å². The third-order valence-corrected chi connectivity index (χ3v) is 4.95. The lowest BCUT2D eigenvalue weighted by Crippen LogP contribution is -2.20. The maximum absolute atomic E-state index is 13.0. The summed E-state index contributed by atoms with van der Waals surface area (Å²) >= 11 is 0. The second-order valence-electron chi connectivity index (χ2n) is 7.36. The Kier molecular flexibility index (Phi) is 5.40. The third kappa shape index (κ3) is 3.85. The maximum atomic E-state index is 13.0. The molecule has 4 nitrogen and oxygen atoms in total. The molecule has 0 bridgehead atoms. The Hall–Kier alpha value is -3.41. The van der Waals surface area contributed by atoms with E-state index in [1.807, 2.05) is 50.2 Å². The molecule has 1 amide bonds. The number of carbonyl (C=O) groups is 1. The smallest absolute Gasteiger partial charge is 0.387 e. The number of carbonyl (C=O) groups excluding carboxylic acids is 1. The molecule has 1 N–H and O–H groups in total. The van der Waals surface area contributed by atoms with E-state index in [9.17, 15) is 13.6 Å². The summed E-state index contributed by atoms with van der Waals surface area (Å²) in [5.41, 5.74) is 3.50. The molecule has 0 radical (unpaired) electrons. The number of nitrogens with one attached hydrogen (secondary N) is 1. The number of hydrogen-bond donors (Lipinski definition) is 1. The monoisotopic (exact) mass is 409 g/mol. The predicted molar refractivity (Wildman–Crippen MR) is 111 cm³/mol. The van der Waals surface area contributed by atoms with Crippen molar-refractivity contribution >= 4 is 11.6 Å². The van der Waals surface area contributed by atoms with Gasteiger partial charge in [-0.3, -0.25) is 4.79 Å². The van der Waals surface area contributed by atoms with Gasteiger partial charge in [-0.2, -0.15) is 8.78 Å². The molecule has 6 heteroatoms. The molecule has 1 atom stereocenters. The Bertz CT molecular complexity index is 1070. The molecule has 0 saturated carbocycles. The predicted octanol–water partition coefficient (Wildman–Crippen LogP) is 6.03. The van der Waals surface area contributed by atoms with E-state index in [0.29, 0.717) is 17.0 Å². The van der Waals surface area contributed by atoms with E-state index in [4.69, 9.17) is 9.47 Å². The van der Waals surface area contributed by atoms with Crippen LogP contribution in [0.4, 0.5) is 14.5 Å². The number of halogens is 2. The number of anilines is 1. The van der Waals surface area contributed by atoms with Gasteiger partial charge >= 0.3 is 6.61 Å². The first kappa shape index (κ1) is 19.9. The van der Waals surface area contributed by atoms with Crippen molar-refractivity contribution in [3.8, 4) is 22.6 Å². The lowest BCUT2D eigenvalue weighted by atomic mass is 9.88. The van der Waals surface area contributed by atoms with Crippen molar-refractivity contribution in [2.45, 2.75) is 26.6 Å². The molecule has 3 aromatic rings. The van der Waals surface area contributed by atoms with Gasteiger partial charge in [-0.15, -0.1) is 0 Å². The lowest BCUT2D eigenvalue weighted by Gasteiger charge is -2.30. The summed E-state index contributed by atoms with van der Waals surface area (Å²) < 4.78 is 37.0. The quantitative estimate of drug-likeness (QED) is 0.560. The van der Waals surface area contributed by atoms with E-state index in [-0.39, 0.29) is 17.6 Å². The van der Waals surface area contributed by atoms with E-state index in [0.717, 1.165) is 16.7 Å². The number of alkyl halides is 2. The molecule has 0 spiro atoms. The van der Waals surface area contributed by atoms with Crippen molar-refractivity contribution in [2.75, 3.05) is 5.32 Å². The zero-order valence-corrected chi connectivity index (χ0v) is 16.6. The summed E-state index contributed by atoms with van der Waals surface area (Å²) in [6.45, 7) is 0.679. The summed E-state index contributed by atoms with van der Waals surface area (Å²) in [6.07, 6.45) is -0.452. The van der Waals surface area contributed by atoms with E-state index in [2.05, 4.69) is 5.32 Å². The molecule has 0 aromatic heterocycles. The minimum atomic E-state index is -2.95. The van der Waals surface area contributed by atoms with E-state index in [1.165, 1.54) is 6.07 Å². The minimum Gasteiger partial charge on any atom is -0.480 e. The van der Waals surface area contributed by atoms with Gasteiger partial charge in [-0.05, 0) is 35.4 Å². The van der Waals surface area contributed by atoms with Crippen LogP contribution in [0.5, 0.6) is 11.5 Å². The van der Waals surface area contributed by atoms with Crippen LogP contribution >= 0.6 is 0 Å². The van der Waals surface area contributed by atoms with Crippen molar-refractivity contribution in [2.24, 2.45) is 5.92 Å². The molecule has 30 heavy (non-hydrogen) atoms. The number of benzene rings is 3. The normalized spacial score (nSPS) is 14.7. The van der Waals surface area contributed by atoms with Gasteiger partial charge in [0.2, 0.25) is 5.91 Å².